The Morgan fingerprint density at radius 1 is 0.966 bits per heavy atom. The highest BCUT2D eigenvalue weighted by Gasteiger charge is 2.11. The van der Waals surface area contributed by atoms with Gasteiger partial charge in [0.25, 0.3) is 0 Å². The maximum absolute atomic E-state index is 9.65. The van der Waals surface area contributed by atoms with Crippen molar-refractivity contribution >= 4 is 22.1 Å². The van der Waals surface area contributed by atoms with E-state index in [1.165, 1.54) is 0 Å². The van der Waals surface area contributed by atoms with Crippen LogP contribution in [0.15, 0.2) is 72.9 Å². The first-order valence-electron chi connectivity index (χ1n) is 9.25. The molecular formula is C22H18N6O. The van der Waals surface area contributed by atoms with Crippen LogP contribution in [0.5, 0.6) is 0 Å². The molecule has 5 aromatic rings. The molecular weight excluding hydrogens is 364 g/mol. The van der Waals surface area contributed by atoms with Gasteiger partial charge in [-0.1, -0.05) is 35.5 Å². The summed E-state index contributed by atoms with van der Waals surface area (Å²) in [5.74, 6) is 0. The Balaban J connectivity index is 1.53. The zero-order valence-corrected chi connectivity index (χ0v) is 15.5. The molecule has 7 heteroatoms. The van der Waals surface area contributed by atoms with Gasteiger partial charge in [-0.05, 0) is 47.5 Å². The van der Waals surface area contributed by atoms with Crippen LogP contribution in [0.4, 0.5) is 0 Å². The van der Waals surface area contributed by atoms with Crippen molar-refractivity contribution in [3.63, 3.8) is 0 Å². The molecule has 0 saturated carbocycles. The predicted octanol–water partition coefficient (Wildman–Crippen LogP) is 3.04. The molecule has 5 rings (SSSR count). The fraction of sp³-hybridized carbons (Fsp3) is 0.0909. The van der Waals surface area contributed by atoms with Crippen LogP contribution >= 0.6 is 0 Å². The molecule has 0 aliphatic heterocycles. The van der Waals surface area contributed by atoms with Gasteiger partial charge in [0.15, 0.2) is 5.65 Å². The molecule has 0 bridgehead atoms. The summed E-state index contributed by atoms with van der Waals surface area (Å²) in [5, 5.41) is 19.2. The van der Waals surface area contributed by atoms with E-state index in [-0.39, 0.29) is 0 Å². The number of nitrogens with two attached hydrogens (primary N) is 1. The summed E-state index contributed by atoms with van der Waals surface area (Å²) in [7, 11) is 0. The molecule has 0 radical (unpaired) electrons. The number of fused-ring (bicyclic) bond motifs is 2. The zero-order valence-electron chi connectivity index (χ0n) is 15.5. The van der Waals surface area contributed by atoms with E-state index in [0.29, 0.717) is 17.8 Å². The summed E-state index contributed by atoms with van der Waals surface area (Å²) in [6.07, 6.45) is 0.769. The molecule has 3 N–H and O–H groups in total. The first-order valence-corrected chi connectivity index (χ1v) is 9.25. The summed E-state index contributed by atoms with van der Waals surface area (Å²) >= 11 is 0. The minimum absolute atomic E-state index is 0.555. The van der Waals surface area contributed by atoms with E-state index in [0.717, 1.165) is 33.2 Å². The van der Waals surface area contributed by atoms with E-state index in [4.69, 9.17) is 10.7 Å². The van der Waals surface area contributed by atoms with Gasteiger partial charge in [-0.2, -0.15) is 0 Å². The topological polar surface area (TPSA) is 103 Å². The largest absolute Gasteiger partial charge is 0.375 e. The number of aromatic nitrogens is 5. The second-order valence-corrected chi connectivity index (χ2v) is 6.89. The highest BCUT2D eigenvalue weighted by molar-refractivity contribution is 5.79. The molecule has 0 aliphatic carbocycles. The van der Waals surface area contributed by atoms with Gasteiger partial charge < -0.3 is 10.8 Å². The van der Waals surface area contributed by atoms with Crippen LogP contribution in [0.1, 0.15) is 17.4 Å². The van der Waals surface area contributed by atoms with E-state index in [2.05, 4.69) is 21.4 Å². The average Bonchev–Trinajstić information content (AvgIpc) is 3.15. The Labute approximate surface area is 166 Å². The van der Waals surface area contributed by atoms with Gasteiger partial charge in [0.05, 0.1) is 17.8 Å². The van der Waals surface area contributed by atoms with E-state index < -0.39 is 6.23 Å². The summed E-state index contributed by atoms with van der Waals surface area (Å²) in [4.78, 5) is 9.13. The standard InChI is InChI=1S/C22H18N6O/c23-21(29)17-4-1-3-16(12-17)19-8-9-20-22(25-19)28(27-26-20)13-14-6-7-18-15(11-14)5-2-10-24-18/h1-12,21,29H,13,23H2. The Morgan fingerprint density at radius 2 is 1.86 bits per heavy atom. The van der Waals surface area contributed by atoms with Gasteiger partial charge in [-0.3, -0.25) is 4.98 Å². The first kappa shape index (κ1) is 17.4. The van der Waals surface area contributed by atoms with E-state index in [9.17, 15) is 5.11 Å². The molecule has 1 atom stereocenters. The molecule has 29 heavy (non-hydrogen) atoms. The molecule has 0 amide bonds. The second kappa shape index (κ2) is 7.05. The summed E-state index contributed by atoms with van der Waals surface area (Å²) in [5.41, 5.74) is 11.4. The minimum Gasteiger partial charge on any atom is -0.375 e. The van der Waals surface area contributed by atoms with Crippen molar-refractivity contribution in [3.8, 4) is 11.3 Å². The van der Waals surface area contributed by atoms with Gasteiger partial charge >= 0.3 is 0 Å². The fourth-order valence-corrected chi connectivity index (χ4v) is 3.40. The number of pyridine rings is 2. The van der Waals surface area contributed by atoms with Gasteiger partial charge in [-0.25, -0.2) is 9.67 Å². The average molecular weight is 382 g/mol. The van der Waals surface area contributed by atoms with Gasteiger partial charge in [0.1, 0.15) is 11.7 Å². The molecule has 1 unspecified atom stereocenters. The number of aliphatic hydroxyl groups is 1. The molecule has 2 aromatic carbocycles. The number of hydrogen-bond acceptors (Lipinski definition) is 6. The van der Waals surface area contributed by atoms with Gasteiger partial charge in [0.2, 0.25) is 0 Å². The normalized spacial score (nSPS) is 12.5. The van der Waals surface area contributed by atoms with Crippen LogP contribution in [-0.2, 0) is 6.54 Å². The molecule has 0 spiro atoms. The molecule has 3 heterocycles. The highest BCUT2D eigenvalue weighted by Crippen LogP contribution is 2.23. The Morgan fingerprint density at radius 3 is 2.76 bits per heavy atom. The number of aliphatic hydroxyl groups excluding tert-OH is 1. The van der Waals surface area contributed by atoms with Crippen LogP contribution in [0, 0.1) is 0 Å². The van der Waals surface area contributed by atoms with Crippen molar-refractivity contribution in [2.45, 2.75) is 12.8 Å². The van der Waals surface area contributed by atoms with E-state index in [1.807, 2.05) is 54.6 Å². The highest BCUT2D eigenvalue weighted by atomic mass is 16.3. The lowest BCUT2D eigenvalue weighted by molar-refractivity contribution is 0.186. The summed E-state index contributed by atoms with van der Waals surface area (Å²) in [6.45, 7) is 0.555. The van der Waals surface area contributed by atoms with Crippen molar-refractivity contribution in [2.24, 2.45) is 5.73 Å². The molecule has 142 valence electrons. The lowest BCUT2D eigenvalue weighted by atomic mass is 10.1. The van der Waals surface area contributed by atoms with E-state index >= 15 is 0 Å². The second-order valence-electron chi connectivity index (χ2n) is 6.89. The summed E-state index contributed by atoms with van der Waals surface area (Å²) < 4.78 is 1.79. The lowest BCUT2D eigenvalue weighted by Crippen LogP contribution is -2.08. The van der Waals surface area contributed by atoms with Crippen molar-refractivity contribution in [1.29, 1.82) is 0 Å². The van der Waals surface area contributed by atoms with Gasteiger partial charge in [0, 0.05) is 17.1 Å². The van der Waals surface area contributed by atoms with E-state index in [1.54, 1.807) is 16.9 Å². The van der Waals surface area contributed by atoms with Crippen LogP contribution in [0.3, 0.4) is 0 Å². The lowest BCUT2D eigenvalue weighted by Gasteiger charge is -2.08. The zero-order chi connectivity index (χ0) is 19.8. The van der Waals surface area contributed by atoms with Crippen molar-refractivity contribution in [1.82, 2.24) is 25.0 Å². The first-order chi connectivity index (χ1) is 14.2. The molecule has 0 saturated heterocycles. The summed E-state index contributed by atoms with van der Waals surface area (Å²) in [6, 6.07) is 21.3. The van der Waals surface area contributed by atoms with Crippen molar-refractivity contribution in [3.05, 3.63) is 84.1 Å². The van der Waals surface area contributed by atoms with Crippen molar-refractivity contribution < 1.29 is 5.11 Å². The van der Waals surface area contributed by atoms with Crippen molar-refractivity contribution in [2.75, 3.05) is 0 Å². The molecule has 7 nitrogen and oxygen atoms in total. The van der Waals surface area contributed by atoms with Crippen LogP contribution in [-0.4, -0.2) is 30.1 Å². The molecule has 0 fully saturated rings. The quantitative estimate of drug-likeness (QED) is 0.463. The maximum Gasteiger partial charge on any atom is 0.179 e. The third-order valence-electron chi connectivity index (χ3n) is 4.88. The SMILES string of the molecule is NC(O)c1cccc(-c2ccc3nnn(Cc4ccc5ncccc5c4)c3n2)c1. The van der Waals surface area contributed by atoms with Crippen LogP contribution in [0.2, 0.25) is 0 Å². The van der Waals surface area contributed by atoms with Gasteiger partial charge in [-0.15, -0.1) is 5.10 Å². The maximum atomic E-state index is 9.65. The third-order valence-corrected chi connectivity index (χ3v) is 4.88. The fourth-order valence-electron chi connectivity index (χ4n) is 3.40. The molecule has 0 aliphatic rings. The number of hydrogen-bond donors (Lipinski definition) is 2. The number of benzene rings is 2. The number of rotatable bonds is 4. The third kappa shape index (κ3) is 3.33. The number of nitrogens with zero attached hydrogens (tertiary/aromatic N) is 5. The predicted molar refractivity (Wildman–Crippen MR) is 111 cm³/mol. The Hall–Kier alpha value is -3.68. The monoisotopic (exact) mass is 382 g/mol. The Bertz CT molecular complexity index is 1330. The van der Waals surface area contributed by atoms with Crippen LogP contribution in [0.25, 0.3) is 33.3 Å². The smallest absolute Gasteiger partial charge is 0.179 e. The molecule has 3 aromatic heterocycles. The Kier molecular flexibility index (Phi) is 4.23. The van der Waals surface area contributed by atoms with Crippen LogP contribution < -0.4 is 5.73 Å². The minimum atomic E-state index is -1.02.